The van der Waals surface area contributed by atoms with Gasteiger partial charge in [-0.3, -0.25) is 14.7 Å². The number of carbonyl (C=O) groups is 1. The van der Waals surface area contributed by atoms with Crippen LogP contribution in [0.5, 0.6) is 0 Å². The maximum absolute atomic E-state index is 14.0. The lowest BCUT2D eigenvalue weighted by molar-refractivity contribution is -0.0238. The second kappa shape index (κ2) is 7.57. The van der Waals surface area contributed by atoms with Crippen molar-refractivity contribution in [3.8, 4) is 0 Å². The summed E-state index contributed by atoms with van der Waals surface area (Å²) in [5, 5.41) is 10.2. The fourth-order valence-electron chi connectivity index (χ4n) is 3.39. The molecule has 0 spiro atoms. The van der Waals surface area contributed by atoms with Crippen LogP contribution in [-0.4, -0.2) is 63.1 Å². The summed E-state index contributed by atoms with van der Waals surface area (Å²) in [4.78, 5) is 20.6. The number of amides is 1. The van der Waals surface area contributed by atoms with Crippen molar-refractivity contribution in [2.75, 3.05) is 19.6 Å². The average Bonchev–Trinajstić information content (AvgIpc) is 2.52. The summed E-state index contributed by atoms with van der Waals surface area (Å²) in [6.45, 7) is 9.50. The Bertz CT molecular complexity index is 574. The van der Waals surface area contributed by atoms with Gasteiger partial charge in [0, 0.05) is 37.9 Å². The van der Waals surface area contributed by atoms with Crippen LogP contribution in [0.2, 0.25) is 0 Å². The molecular formula is C18H28FN3O2. The predicted octanol–water partition coefficient (Wildman–Crippen LogP) is 2.31. The molecule has 0 aliphatic carbocycles. The summed E-state index contributed by atoms with van der Waals surface area (Å²) < 4.78 is 14.0. The van der Waals surface area contributed by atoms with Crippen LogP contribution in [0.4, 0.5) is 4.39 Å². The molecule has 2 unspecified atom stereocenters. The van der Waals surface area contributed by atoms with Crippen molar-refractivity contribution >= 4 is 5.91 Å². The Hall–Kier alpha value is -1.53. The van der Waals surface area contributed by atoms with E-state index < -0.39 is 11.4 Å². The molecule has 1 saturated heterocycles. The molecule has 2 heterocycles. The molecule has 1 N–H and O–H groups in total. The molecule has 1 aromatic rings. The molecule has 5 nitrogen and oxygen atoms in total. The third-order valence-corrected chi connectivity index (χ3v) is 4.61. The number of pyridine rings is 1. The van der Waals surface area contributed by atoms with Crippen molar-refractivity contribution in [1.82, 2.24) is 14.8 Å². The van der Waals surface area contributed by atoms with Crippen LogP contribution < -0.4 is 0 Å². The van der Waals surface area contributed by atoms with Crippen LogP contribution in [0.1, 0.15) is 50.9 Å². The van der Waals surface area contributed by atoms with E-state index in [9.17, 15) is 14.3 Å². The second-order valence-electron chi connectivity index (χ2n) is 7.18. The fourth-order valence-corrected chi connectivity index (χ4v) is 3.39. The van der Waals surface area contributed by atoms with E-state index in [1.165, 1.54) is 12.3 Å². The van der Waals surface area contributed by atoms with Gasteiger partial charge >= 0.3 is 0 Å². The Balaban J connectivity index is 2.22. The van der Waals surface area contributed by atoms with Crippen molar-refractivity contribution in [3.63, 3.8) is 0 Å². The van der Waals surface area contributed by atoms with E-state index in [0.29, 0.717) is 19.6 Å². The summed E-state index contributed by atoms with van der Waals surface area (Å²) in [5.41, 5.74) is -0.705. The lowest BCUT2D eigenvalue weighted by Crippen LogP contribution is -2.61. The molecule has 0 radical (unpaired) electrons. The minimum Gasteiger partial charge on any atom is -0.389 e. The van der Waals surface area contributed by atoms with Gasteiger partial charge in [-0.15, -0.1) is 0 Å². The number of aromatic nitrogens is 1. The highest BCUT2D eigenvalue weighted by Gasteiger charge is 2.37. The van der Waals surface area contributed by atoms with Crippen LogP contribution >= 0.6 is 0 Å². The van der Waals surface area contributed by atoms with Gasteiger partial charge in [0.1, 0.15) is 0 Å². The molecule has 1 aliphatic rings. The SMILES string of the molecule is CCC1CN(C(=O)c2ccncc2F)C(CC)CN1CC(C)(C)O. The van der Waals surface area contributed by atoms with Crippen LogP contribution in [0.25, 0.3) is 0 Å². The van der Waals surface area contributed by atoms with Gasteiger partial charge in [-0.2, -0.15) is 0 Å². The molecule has 1 aliphatic heterocycles. The van der Waals surface area contributed by atoms with Gasteiger partial charge in [0.2, 0.25) is 0 Å². The summed E-state index contributed by atoms with van der Waals surface area (Å²) >= 11 is 0. The van der Waals surface area contributed by atoms with Gasteiger partial charge in [-0.25, -0.2) is 4.39 Å². The first-order valence-corrected chi connectivity index (χ1v) is 8.63. The van der Waals surface area contributed by atoms with E-state index in [-0.39, 0.29) is 23.6 Å². The number of rotatable bonds is 5. The van der Waals surface area contributed by atoms with Crippen LogP contribution in [0.15, 0.2) is 18.5 Å². The zero-order valence-electron chi connectivity index (χ0n) is 15.0. The third kappa shape index (κ3) is 4.30. The van der Waals surface area contributed by atoms with Crippen LogP contribution in [-0.2, 0) is 0 Å². The van der Waals surface area contributed by atoms with Crippen LogP contribution in [0, 0.1) is 5.82 Å². The van der Waals surface area contributed by atoms with E-state index in [1.807, 2.05) is 6.92 Å². The number of hydrogen-bond donors (Lipinski definition) is 1. The Morgan fingerprint density at radius 1 is 1.33 bits per heavy atom. The maximum atomic E-state index is 14.0. The molecule has 0 aromatic carbocycles. The quantitative estimate of drug-likeness (QED) is 0.896. The topological polar surface area (TPSA) is 56.7 Å². The molecule has 1 aromatic heterocycles. The zero-order valence-corrected chi connectivity index (χ0v) is 15.0. The number of nitrogens with zero attached hydrogens (tertiary/aromatic N) is 3. The van der Waals surface area contributed by atoms with Gasteiger partial charge < -0.3 is 10.0 Å². The monoisotopic (exact) mass is 337 g/mol. The van der Waals surface area contributed by atoms with Crippen molar-refractivity contribution < 1.29 is 14.3 Å². The second-order valence-corrected chi connectivity index (χ2v) is 7.18. The standard InChI is InChI=1S/C18H28FN3O2/c1-5-13-11-22(17(23)15-7-8-20-9-16(15)19)14(6-2)10-21(13)12-18(3,4)24/h7-9,13-14,24H,5-6,10-12H2,1-4H3. The Morgan fingerprint density at radius 3 is 2.54 bits per heavy atom. The lowest BCUT2D eigenvalue weighted by atomic mass is 9.98. The molecule has 2 atom stereocenters. The van der Waals surface area contributed by atoms with E-state index in [1.54, 1.807) is 18.7 Å². The van der Waals surface area contributed by atoms with E-state index in [4.69, 9.17) is 0 Å². The van der Waals surface area contributed by atoms with Gasteiger partial charge in [0.25, 0.3) is 5.91 Å². The number of β-amino-alcohol motifs (C(OH)–C–C–N with tert-alkyl or cyclic N) is 1. The summed E-state index contributed by atoms with van der Waals surface area (Å²) in [5.74, 6) is -0.854. The van der Waals surface area contributed by atoms with Gasteiger partial charge in [-0.05, 0) is 32.8 Å². The molecule has 0 bridgehead atoms. The molecular weight excluding hydrogens is 309 g/mol. The first kappa shape index (κ1) is 18.8. The first-order valence-electron chi connectivity index (χ1n) is 8.63. The third-order valence-electron chi connectivity index (χ3n) is 4.61. The largest absolute Gasteiger partial charge is 0.389 e. The molecule has 134 valence electrons. The van der Waals surface area contributed by atoms with E-state index in [0.717, 1.165) is 19.0 Å². The van der Waals surface area contributed by atoms with Crippen LogP contribution in [0.3, 0.4) is 0 Å². The fraction of sp³-hybridized carbons (Fsp3) is 0.667. The Morgan fingerprint density at radius 2 is 2.00 bits per heavy atom. The minimum absolute atomic E-state index is 0.00946. The van der Waals surface area contributed by atoms with Crippen molar-refractivity contribution in [2.45, 2.75) is 58.2 Å². The van der Waals surface area contributed by atoms with Gasteiger partial charge in [0.05, 0.1) is 17.4 Å². The number of hydrogen-bond acceptors (Lipinski definition) is 4. The maximum Gasteiger partial charge on any atom is 0.257 e. The predicted molar refractivity (Wildman–Crippen MR) is 91.3 cm³/mol. The number of halogens is 1. The van der Waals surface area contributed by atoms with Crippen molar-refractivity contribution in [2.24, 2.45) is 0 Å². The normalized spacial score (nSPS) is 22.7. The lowest BCUT2D eigenvalue weighted by Gasteiger charge is -2.47. The average molecular weight is 337 g/mol. The van der Waals surface area contributed by atoms with Crippen molar-refractivity contribution in [1.29, 1.82) is 0 Å². The molecule has 24 heavy (non-hydrogen) atoms. The van der Waals surface area contributed by atoms with Crippen molar-refractivity contribution in [3.05, 3.63) is 29.8 Å². The molecule has 0 saturated carbocycles. The Kier molecular flexibility index (Phi) is 5.93. The van der Waals surface area contributed by atoms with Gasteiger partial charge in [-0.1, -0.05) is 13.8 Å². The Labute approximate surface area is 143 Å². The minimum atomic E-state index is -0.783. The molecule has 1 fully saturated rings. The highest BCUT2D eigenvalue weighted by molar-refractivity contribution is 5.94. The molecule has 2 rings (SSSR count). The number of carbonyl (C=O) groups excluding carboxylic acids is 1. The summed E-state index contributed by atoms with van der Waals surface area (Å²) in [7, 11) is 0. The number of aliphatic hydroxyl groups is 1. The molecule has 1 amide bonds. The van der Waals surface area contributed by atoms with Gasteiger partial charge in [0.15, 0.2) is 5.82 Å². The smallest absolute Gasteiger partial charge is 0.257 e. The summed E-state index contributed by atoms with van der Waals surface area (Å²) in [6.07, 6.45) is 4.18. The number of piperazine rings is 1. The highest BCUT2D eigenvalue weighted by Crippen LogP contribution is 2.24. The van der Waals surface area contributed by atoms with E-state index in [2.05, 4.69) is 16.8 Å². The first-order chi connectivity index (χ1) is 11.3. The zero-order chi connectivity index (χ0) is 17.9. The van der Waals surface area contributed by atoms with E-state index >= 15 is 0 Å². The summed E-state index contributed by atoms with van der Waals surface area (Å²) in [6, 6.07) is 1.61. The highest BCUT2D eigenvalue weighted by atomic mass is 19.1. The molecule has 6 heteroatoms.